The predicted molar refractivity (Wildman–Crippen MR) is 127 cm³/mol. The summed E-state index contributed by atoms with van der Waals surface area (Å²) < 4.78 is 45.9. The van der Waals surface area contributed by atoms with Gasteiger partial charge in [-0.1, -0.05) is 12.1 Å². The number of fused-ring (bicyclic) bond motifs is 1. The first-order valence-corrected chi connectivity index (χ1v) is 12.4. The summed E-state index contributed by atoms with van der Waals surface area (Å²) in [5, 5.41) is 4.75. The largest absolute Gasteiger partial charge is 0.402 e. The molecule has 178 valence electrons. The van der Waals surface area contributed by atoms with Crippen molar-refractivity contribution in [3.63, 3.8) is 0 Å². The third-order valence-corrected chi connectivity index (χ3v) is 8.74. The summed E-state index contributed by atoms with van der Waals surface area (Å²) >= 11 is 1.16. The molecule has 6 rings (SSSR count). The van der Waals surface area contributed by atoms with Crippen LogP contribution < -0.4 is 4.72 Å². The summed E-state index contributed by atoms with van der Waals surface area (Å²) in [6.45, 7) is -0.427. The molecule has 9 heteroatoms. The minimum Gasteiger partial charge on any atom is -0.267 e. The molecule has 3 atom stereocenters. The molecule has 2 aliphatic carbocycles. The lowest BCUT2D eigenvalue weighted by Gasteiger charge is -2.34. The average molecular weight is 486 g/mol. The highest BCUT2D eigenvalue weighted by molar-refractivity contribution is 7.95. The number of benzene rings is 1. The van der Waals surface area contributed by atoms with Crippen molar-refractivity contribution >= 4 is 12.1 Å². The maximum Gasteiger partial charge on any atom is 0.402 e. The monoisotopic (exact) mass is 485 g/mol. The molecule has 2 aromatic heterocycles. The Morgan fingerprint density at radius 2 is 1.88 bits per heavy atom. The van der Waals surface area contributed by atoms with E-state index in [1.165, 1.54) is 15.4 Å². The van der Waals surface area contributed by atoms with Crippen LogP contribution in [0.5, 0.6) is 0 Å². The van der Waals surface area contributed by atoms with E-state index < -0.39 is 12.7 Å². The quantitative estimate of drug-likeness (QED) is 0.527. The van der Waals surface area contributed by atoms with Crippen molar-refractivity contribution in [3.8, 4) is 22.5 Å². The molecule has 0 amide bonds. The van der Waals surface area contributed by atoms with Crippen molar-refractivity contribution in [2.24, 2.45) is 18.9 Å². The summed E-state index contributed by atoms with van der Waals surface area (Å²) in [6, 6.07) is 12.6. The van der Waals surface area contributed by atoms with Crippen molar-refractivity contribution in [2.75, 3.05) is 13.1 Å². The van der Waals surface area contributed by atoms with Gasteiger partial charge in [0.15, 0.2) is 0 Å². The van der Waals surface area contributed by atoms with E-state index in [-0.39, 0.29) is 5.54 Å². The zero-order chi connectivity index (χ0) is 23.5. The number of aryl methyl sites for hydroxylation is 1. The summed E-state index contributed by atoms with van der Waals surface area (Å²) in [5.41, 5.74) is 6.38. The average Bonchev–Trinajstić information content (AvgIpc) is 3.44. The minimum atomic E-state index is -4.18. The number of alkyl halides is 3. The highest BCUT2D eigenvalue weighted by Crippen LogP contribution is 2.51. The van der Waals surface area contributed by atoms with Crippen LogP contribution in [-0.2, 0) is 19.9 Å². The van der Waals surface area contributed by atoms with Gasteiger partial charge in [0.2, 0.25) is 0 Å². The second-order valence-electron chi connectivity index (χ2n) is 9.79. The van der Waals surface area contributed by atoms with Crippen LogP contribution in [0.1, 0.15) is 24.0 Å². The standard InChI is InChI=1S/C25H26F3N5S/c1-32-23(18-3-2-8-29-13-18)12-22(30-32)17-5-4-16-10-20-6-7-21(11-19(16)9-17)24(20)14-33(34-31-24)15-25(26,27)28/h2-5,8-9,12-13,20-21,31H,6-7,10-11,14-15H2,1H3/t20-,21+,24+/m0/s1. The lowest BCUT2D eigenvalue weighted by molar-refractivity contribution is -0.135. The molecule has 1 saturated carbocycles. The van der Waals surface area contributed by atoms with Crippen LogP contribution in [0, 0.1) is 11.8 Å². The number of halogens is 3. The molecule has 1 N–H and O–H groups in total. The van der Waals surface area contributed by atoms with Gasteiger partial charge in [0.05, 0.1) is 11.4 Å². The summed E-state index contributed by atoms with van der Waals surface area (Å²) in [6.07, 6.45) is 3.32. The predicted octanol–water partition coefficient (Wildman–Crippen LogP) is 5.04. The Hall–Kier alpha value is -2.36. The Morgan fingerprint density at radius 3 is 2.62 bits per heavy atom. The van der Waals surface area contributed by atoms with Gasteiger partial charge in [0.25, 0.3) is 0 Å². The Labute approximate surface area is 201 Å². The van der Waals surface area contributed by atoms with Crippen LogP contribution in [0.2, 0.25) is 0 Å². The number of nitrogens with zero attached hydrogens (tertiary/aromatic N) is 4. The number of hydrogen-bond acceptors (Lipinski definition) is 5. The molecule has 3 aliphatic rings. The SMILES string of the molecule is Cn1nc(-c2ccc3c(c2)C[C@H]2CC[C@@H](C3)[C@]23CN(CC(F)(F)F)SN3)cc1-c1cccnc1. The van der Waals surface area contributed by atoms with Crippen molar-refractivity contribution in [1.29, 1.82) is 0 Å². The smallest absolute Gasteiger partial charge is 0.267 e. The first-order chi connectivity index (χ1) is 16.3. The first-order valence-electron chi connectivity index (χ1n) is 11.6. The van der Waals surface area contributed by atoms with E-state index in [1.807, 2.05) is 30.1 Å². The fourth-order valence-corrected chi connectivity index (χ4v) is 7.32. The molecule has 1 saturated heterocycles. The highest BCUT2D eigenvalue weighted by Gasteiger charge is 2.56. The fraction of sp³-hybridized carbons (Fsp3) is 0.440. The van der Waals surface area contributed by atoms with Gasteiger partial charge in [-0.15, -0.1) is 0 Å². The fourth-order valence-electron chi connectivity index (χ4n) is 6.14. The molecule has 5 nitrogen and oxygen atoms in total. The molecule has 1 aromatic carbocycles. The number of aromatic nitrogens is 3. The van der Waals surface area contributed by atoms with Crippen LogP contribution in [0.3, 0.4) is 0 Å². The Morgan fingerprint density at radius 1 is 1.09 bits per heavy atom. The van der Waals surface area contributed by atoms with Gasteiger partial charge in [-0.05, 0) is 72.9 Å². The topological polar surface area (TPSA) is 46.0 Å². The normalized spacial score (nSPS) is 26.7. The van der Waals surface area contributed by atoms with Crippen LogP contribution in [-0.4, -0.2) is 43.9 Å². The molecule has 1 aliphatic heterocycles. The van der Waals surface area contributed by atoms with E-state index in [4.69, 9.17) is 5.10 Å². The third-order valence-electron chi connectivity index (χ3n) is 7.75. The second kappa shape index (κ2) is 8.10. The van der Waals surface area contributed by atoms with Gasteiger partial charge >= 0.3 is 6.18 Å². The molecule has 34 heavy (non-hydrogen) atoms. The van der Waals surface area contributed by atoms with Crippen LogP contribution in [0.25, 0.3) is 22.5 Å². The molecular weight excluding hydrogens is 459 g/mol. The molecular formula is C25H26F3N5S. The van der Waals surface area contributed by atoms with Gasteiger partial charge in [-0.2, -0.15) is 18.3 Å². The lowest BCUT2D eigenvalue weighted by atomic mass is 9.79. The molecule has 2 fully saturated rings. The first kappa shape index (κ1) is 22.1. The number of rotatable bonds is 3. The number of nitrogens with one attached hydrogen (secondary N) is 1. The van der Waals surface area contributed by atoms with Gasteiger partial charge in [-0.25, -0.2) is 9.03 Å². The molecule has 3 aromatic rings. The van der Waals surface area contributed by atoms with Gasteiger partial charge in [-0.3, -0.25) is 9.67 Å². The van der Waals surface area contributed by atoms with E-state index in [0.29, 0.717) is 18.4 Å². The lowest BCUT2D eigenvalue weighted by Crippen LogP contribution is -2.51. The van der Waals surface area contributed by atoms with Crippen LogP contribution >= 0.6 is 12.1 Å². The highest BCUT2D eigenvalue weighted by atomic mass is 32.2. The molecule has 2 bridgehead atoms. The maximum atomic E-state index is 13.0. The molecule has 3 heterocycles. The van der Waals surface area contributed by atoms with E-state index in [1.54, 1.807) is 6.20 Å². The van der Waals surface area contributed by atoms with Gasteiger partial charge in [0, 0.05) is 54.8 Å². The molecule has 0 unspecified atom stereocenters. The zero-order valence-corrected chi connectivity index (χ0v) is 19.7. The zero-order valence-electron chi connectivity index (χ0n) is 18.8. The summed E-state index contributed by atoms with van der Waals surface area (Å²) in [7, 11) is 1.94. The Bertz CT molecular complexity index is 1210. The van der Waals surface area contributed by atoms with Crippen molar-refractivity contribution < 1.29 is 13.2 Å². The van der Waals surface area contributed by atoms with E-state index in [2.05, 4.69) is 34.0 Å². The Balaban J connectivity index is 1.28. The maximum absolute atomic E-state index is 13.0. The van der Waals surface area contributed by atoms with Crippen molar-refractivity contribution in [3.05, 3.63) is 59.9 Å². The third kappa shape index (κ3) is 3.83. The summed E-state index contributed by atoms with van der Waals surface area (Å²) in [5.74, 6) is 0.678. The number of hydrogen-bond donors (Lipinski definition) is 1. The van der Waals surface area contributed by atoms with E-state index >= 15 is 0 Å². The van der Waals surface area contributed by atoms with Crippen LogP contribution in [0.15, 0.2) is 48.8 Å². The van der Waals surface area contributed by atoms with Crippen molar-refractivity contribution in [1.82, 2.24) is 23.8 Å². The van der Waals surface area contributed by atoms with Crippen molar-refractivity contribution in [2.45, 2.75) is 37.4 Å². The van der Waals surface area contributed by atoms with E-state index in [9.17, 15) is 13.2 Å². The summed E-state index contributed by atoms with van der Waals surface area (Å²) in [4.78, 5) is 4.22. The van der Waals surface area contributed by atoms with Crippen LogP contribution in [0.4, 0.5) is 13.2 Å². The molecule has 0 radical (unpaired) electrons. The van der Waals surface area contributed by atoms with Gasteiger partial charge in [0.1, 0.15) is 6.54 Å². The van der Waals surface area contributed by atoms with Gasteiger partial charge < -0.3 is 0 Å². The number of pyridine rings is 1. The van der Waals surface area contributed by atoms with E-state index in [0.717, 1.165) is 60.3 Å². The molecule has 1 spiro atoms. The minimum absolute atomic E-state index is 0.256. The second-order valence-corrected chi connectivity index (χ2v) is 10.7. The Kier molecular flexibility index (Phi) is 5.27.